The molecule has 0 saturated carbocycles. The number of phenolic OH excluding ortho intramolecular Hbond substituents is 1. The standard InChI is InChI=1S/C14H14FNO3S/c1-2-16(12-8-6-11(15)7-9-12)20(18,19)14-5-3-4-13(17)10-14/h3-10,17H,2H2,1H3. The maximum absolute atomic E-state index is 12.9. The Bertz CT molecular complexity index is 699. The summed E-state index contributed by atoms with van der Waals surface area (Å²) in [6.45, 7) is 1.88. The number of halogens is 1. The van der Waals surface area contributed by atoms with Crippen molar-refractivity contribution in [2.45, 2.75) is 11.8 Å². The molecule has 0 heterocycles. The average molecular weight is 295 g/mol. The molecule has 0 aromatic heterocycles. The Kier molecular flexibility index (Phi) is 3.94. The first-order valence-corrected chi connectivity index (χ1v) is 7.46. The van der Waals surface area contributed by atoms with Gasteiger partial charge < -0.3 is 5.11 Å². The van der Waals surface area contributed by atoms with E-state index in [0.717, 1.165) is 4.31 Å². The van der Waals surface area contributed by atoms with Crippen molar-refractivity contribution in [2.24, 2.45) is 0 Å². The molecule has 0 amide bonds. The fraction of sp³-hybridized carbons (Fsp3) is 0.143. The van der Waals surface area contributed by atoms with Crippen LogP contribution in [-0.2, 0) is 10.0 Å². The smallest absolute Gasteiger partial charge is 0.264 e. The third kappa shape index (κ3) is 2.75. The van der Waals surface area contributed by atoms with Crippen LogP contribution >= 0.6 is 0 Å². The summed E-state index contributed by atoms with van der Waals surface area (Å²) in [4.78, 5) is -0.0105. The van der Waals surface area contributed by atoms with Gasteiger partial charge in [0.15, 0.2) is 0 Å². The number of hydrogen-bond donors (Lipinski definition) is 1. The van der Waals surface area contributed by atoms with Crippen molar-refractivity contribution in [3.05, 3.63) is 54.3 Å². The van der Waals surface area contributed by atoms with Gasteiger partial charge in [-0.25, -0.2) is 12.8 Å². The quantitative estimate of drug-likeness (QED) is 0.943. The number of benzene rings is 2. The van der Waals surface area contributed by atoms with Crippen molar-refractivity contribution >= 4 is 15.7 Å². The molecule has 6 heteroatoms. The van der Waals surface area contributed by atoms with Crippen LogP contribution < -0.4 is 4.31 Å². The van der Waals surface area contributed by atoms with E-state index in [-0.39, 0.29) is 17.2 Å². The van der Waals surface area contributed by atoms with Gasteiger partial charge in [0.2, 0.25) is 0 Å². The highest BCUT2D eigenvalue weighted by Gasteiger charge is 2.23. The van der Waals surface area contributed by atoms with Crippen LogP contribution in [0.15, 0.2) is 53.4 Å². The van der Waals surface area contributed by atoms with E-state index in [2.05, 4.69) is 0 Å². The molecule has 2 aromatic carbocycles. The van der Waals surface area contributed by atoms with Crippen molar-refractivity contribution < 1.29 is 17.9 Å². The molecule has 2 aromatic rings. The zero-order chi connectivity index (χ0) is 14.8. The minimum Gasteiger partial charge on any atom is -0.508 e. The fourth-order valence-corrected chi connectivity index (χ4v) is 3.38. The lowest BCUT2D eigenvalue weighted by atomic mass is 10.3. The van der Waals surface area contributed by atoms with Crippen LogP contribution in [0.2, 0.25) is 0 Å². The number of nitrogens with zero attached hydrogens (tertiary/aromatic N) is 1. The van der Waals surface area contributed by atoms with Crippen molar-refractivity contribution in [1.82, 2.24) is 0 Å². The molecule has 0 atom stereocenters. The molecule has 0 radical (unpaired) electrons. The molecule has 2 rings (SSSR count). The molecule has 0 unspecified atom stereocenters. The number of hydrogen-bond acceptors (Lipinski definition) is 3. The van der Waals surface area contributed by atoms with Crippen molar-refractivity contribution in [2.75, 3.05) is 10.8 Å². The molecule has 4 nitrogen and oxygen atoms in total. The van der Waals surface area contributed by atoms with E-state index < -0.39 is 15.8 Å². The summed E-state index contributed by atoms with van der Waals surface area (Å²) in [7, 11) is -3.79. The first-order valence-electron chi connectivity index (χ1n) is 6.02. The maximum Gasteiger partial charge on any atom is 0.264 e. The lowest BCUT2D eigenvalue weighted by Crippen LogP contribution is -2.30. The molecule has 1 N–H and O–H groups in total. The molecule has 0 fully saturated rings. The highest BCUT2D eigenvalue weighted by molar-refractivity contribution is 7.92. The molecule has 0 aliphatic carbocycles. The highest BCUT2D eigenvalue weighted by Crippen LogP contribution is 2.25. The monoisotopic (exact) mass is 295 g/mol. The van der Waals surface area contributed by atoms with Gasteiger partial charge >= 0.3 is 0 Å². The van der Waals surface area contributed by atoms with E-state index in [1.165, 1.54) is 48.5 Å². The first-order chi connectivity index (χ1) is 9.45. The number of sulfonamides is 1. The second-order valence-electron chi connectivity index (χ2n) is 4.14. The Morgan fingerprint density at radius 1 is 1.15 bits per heavy atom. The molecule has 0 spiro atoms. The fourth-order valence-electron chi connectivity index (χ4n) is 1.87. The molecular formula is C14H14FNO3S. The molecule has 0 aliphatic rings. The van der Waals surface area contributed by atoms with E-state index in [1.807, 2.05) is 0 Å². The summed E-state index contributed by atoms with van der Waals surface area (Å²) in [5.74, 6) is -0.555. The average Bonchev–Trinajstić information content (AvgIpc) is 2.41. The molecule has 20 heavy (non-hydrogen) atoms. The van der Waals surface area contributed by atoms with Crippen molar-refractivity contribution in [3.63, 3.8) is 0 Å². The van der Waals surface area contributed by atoms with Gasteiger partial charge in [-0.2, -0.15) is 0 Å². The van der Waals surface area contributed by atoms with Crippen LogP contribution in [0, 0.1) is 5.82 Å². The normalized spacial score (nSPS) is 11.3. The zero-order valence-corrected chi connectivity index (χ0v) is 11.6. The summed E-state index contributed by atoms with van der Waals surface area (Å²) < 4.78 is 39.1. The summed E-state index contributed by atoms with van der Waals surface area (Å²) in [5.41, 5.74) is 0.372. The summed E-state index contributed by atoms with van der Waals surface area (Å²) in [6.07, 6.45) is 0. The highest BCUT2D eigenvalue weighted by atomic mass is 32.2. The second-order valence-corrected chi connectivity index (χ2v) is 6.01. The Labute approximate surface area is 117 Å². The number of anilines is 1. The minimum absolute atomic E-state index is 0.0105. The van der Waals surface area contributed by atoms with Gasteiger partial charge in [0.25, 0.3) is 10.0 Å². The van der Waals surface area contributed by atoms with E-state index in [9.17, 15) is 17.9 Å². The maximum atomic E-state index is 12.9. The molecule has 0 saturated heterocycles. The zero-order valence-electron chi connectivity index (χ0n) is 10.8. The third-order valence-corrected chi connectivity index (χ3v) is 4.71. The molecule has 106 valence electrons. The first kappa shape index (κ1) is 14.3. The van der Waals surface area contributed by atoms with Gasteiger partial charge in [0.05, 0.1) is 10.6 Å². The van der Waals surface area contributed by atoms with Crippen molar-refractivity contribution in [1.29, 1.82) is 0 Å². The van der Waals surface area contributed by atoms with E-state index >= 15 is 0 Å². The van der Waals surface area contributed by atoms with E-state index in [4.69, 9.17) is 0 Å². The van der Waals surface area contributed by atoms with Gasteiger partial charge in [-0.1, -0.05) is 6.07 Å². The van der Waals surface area contributed by atoms with E-state index in [1.54, 1.807) is 6.92 Å². The number of rotatable bonds is 4. The largest absolute Gasteiger partial charge is 0.508 e. The molecule has 0 bridgehead atoms. The van der Waals surface area contributed by atoms with Crippen molar-refractivity contribution in [3.8, 4) is 5.75 Å². The number of aromatic hydroxyl groups is 1. The van der Waals surface area contributed by atoms with Crippen LogP contribution in [-0.4, -0.2) is 20.1 Å². The predicted octanol–water partition coefficient (Wildman–Crippen LogP) is 2.75. The molecule has 0 aliphatic heterocycles. The second kappa shape index (κ2) is 5.50. The van der Waals surface area contributed by atoms with E-state index in [0.29, 0.717) is 5.69 Å². The van der Waals surface area contributed by atoms with Gasteiger partial charge in [-0.15, -0.1) is 0 Å². The summed E-state index contributed by atoms with van der Waals surface area (Å²) in [5, 5.41) is 9.41. The summed E-state index contributed by atoms with van der Waals surface area (Å²) in [6, 6.07) is 10.7. The van der Waals surface area contributed by atoms with Crippen LogP contribution in [0.4, 0.5) is 10.1 Å². The van der Waals surface area contributed by atoms with Gasteiger partial charge in [0.1, 0.15) is 11.6 Å². The Morgan fingerprint density at radius 3 is 2.35 bits per heavy atom. The predicted molar refractivity (Wildman–Crippen MR) is 74.7 cm³/mol. The van der Waals surface area contributed by atoms with Crippen LogP contribution in [0.3, 0.4) is 0 Å². The van der Waals surface area contributed by atoms with Gasteiger partial charge in [-0.3, -0.25) is 4.31 Å². The Balaban J connectivity index is 2.47. The van der Waals surface area contributed by atoms with Crippen LogP contribution in [0.1, 0.15) is 6.92 Å². The SMILES string of the molecule is CCN(c1ccc(F)cc1)S(=O)(=O)c1cccc(O)c1. The van der Waals surface area contributed by atoms with Crippen LogP contribution in [0.25, 0.3) is 0 Å². The lowest BCUT2D eigenvalue weighted by Gasteiger charge is -2.22. The third-order valence-electron chi connectivity index (χ3n) is 2.81. The topological polar surface area (TPSA) is 57.6 Å². The number of phenols is 1. The van der Waals surface area contributed by atoms with Gasteiger partial charge in [0, 0.05) is 12.6 Å². The van der Waals surface area contributed by atoms with Gasteiger partial charge in [-0.05, 0) is 43.3 Å². The lowest BCUT2D eigenvalue weighted by molar-refractivity contribution is 0.473. The Morgan fingerprint density at radius 2 is 1.80 bits per heavy atom. The molecular weight excluding hydrogens is 281 g/mol. The van der Waals surface area contributed by atoms with Crippen LogP contribution in [0.5, 0.6) is 5.75 Å². The summed E-state index contributed by atoms with van der Waals surface area (Å²) >= 11 is 0. The Hall–Kier alpha value is -2.08. The minimum atomic E-state index is -3.79.